The van der Waals surface area contributed by atoms with Crippen LogP contribution in [0.4, 0.5) is 18.9 Å². The average Bonchev–Trinajstić information content (AvgIpc) is 2.80. The van der Waals surface area contributed by atoms with Gasteiger partial charge in [-0.15, -0.1) is 0 Å². The van der Waals surface area contributed by atoms with Crippen molar-refractivity contribution in [1.82, 2.24) is 10.2 Å². The third kappa shape index (κ3) is 6.19. The van der Waals surface area contributed by atoms with E-state index in [1.165, 1.54) is 0 Å². The Morgan fingerprint density at radius 3 is 2.26 bits per heavy atom. The zero-order chi connectivity index (χ0) is 25.9. The van der Waals surface area contributed by atoms with Gasteiger partial charge in [-0.05, 0) is 67.0 Å². The third-order valence-corrected chi connectivity index (χ3v) is 5.89. The first-order chi connectivity index (χ1) is 16.4. The number of thiocarbonyl (C=S) groups is 1. The molecule has 1 aliphatic rings. The lowest BCUT2D eigenvalue weighted by Gasteiger charge is -2.35. The van der Waals surface area contributed by atoms with E-state index in [9.17, 15) is 22.8 Å². The van der Waals surface area contributed by atoms with Gasteiger partial charge in [0.25, 0.3) is 5.91 Å². The molecule has 10 heteroatoms. The fraction of sp³-hybridized carbons (Fsp3) is 0.320. The molecule has 3 rings (SSSR count). The molecule has 2 aromatic rings. The van der Waals surface area contributed by atoms with Gasteiger partial charge in [-0.25, -0.2) is 4.79 Å². The van der Waals surface area contributed by atoms with Crippen LogP contribution in [0.3, 0.4) is 0 Å². The number of halogens is 3. The molecule has 186 valence electrons. The number of rotatable bonds is 6. The SMILES string of the molecule is CC1=C(C(=O)OCC(C)C)C(c2ccc(NC(=O)c3ccc(C(F)(F)F)cc3)cc2)NC(=S)N1C. The molecule has 2 N–H and O–H groups in total. The summed E-state index contributed by atoms with van der Waals surface area (Å²) >= 11 is 5.40. The van der Waals surface area contributed by atoms with Crippen molar-refractivity contribution in [1.29, 1.82) is 0 Å². The molecule has 0 aromatic heterocycles. The van der Waals surface area contributed by atoms with Gasteiger partial charge in [-0.3, -0.25) is 4.79 Å². The topological polar surface area (TPSA) is 70.7 Å². The van der Waals surface area contributed by atoms with Crippen LogP contribution in [0.5, 0.6) is 0 Å². The summed E-state index contributed by atoms with van der Waals surface area (Å²) in [5.41, 5.74) is 1.55. The predicted octanol–water partition coefficient (Wildman–Crippen LogP) is 5.29. The van der Waals surface area contributed by atoms with Gasteiger partial charge < -0.3 is 20.3 Å². The van der Waals surface area contributed by atoms with E-state index in [0.717, 1.165) is 29.8 Å². The molecule has 1 heterocycles. The van der Waals surface area contributed by atoms with E-state index in [4.69, 9.17) is 17.0 Å². The van der Waals surface area contributed by atoms with E-state index >= 15 is 0 Å². The summed E-state index contributed by atoms with van der Waals surface area (Å²) in [4.78, 5) is 27.0. The second-order valence-corrected chi connectivity index (χ2v) is 8.97. The highest BCUT2D eigenvalue weighted by atomic mass is 32.1. The number of benzene rings is 2. The first-order valence-electron chi connectivity index (χ1n) is 10.9. The number of hydrogen-bond donors (Lipinski definition) is 2. The number of esters is 1. The van der Waals surface area contributed by atoms with Crippen molar-refractivity contribution < 1.29 is 27.5 Å². The minimum absolute atomic E-state index is 0.0955. The molecular weight excluding hydrogens is 479 g/mol. The number of alkyl halides is 3. The van der Waals surface area contributed by atoms with Crippen LogP contribution < -0.4 is 10.6 Å². The molecule has 1 amide bonds. The van der Waals surface area contributed by atoms with Crippen LogP contribution in [0, 0.1) is 5.92 Å². The van der Waals surface area contributed by atoms with E-state index in [0.29, 0.717) is 22.1 Å². The van der Waals surface area contributed by atoms with Gasteiger partial charge in [-0.1, -0.05) is 26.0 Å². The Morgan fingerprint density at radius 1 is 1.11 bits per heavy atom. The Bertz CT molecular complexity index is 1140. The third-order valence-electron chi connectivity index (χ3n) is 5.50. The standard InChI is InChI=1S/C25H26F3N3O3S/c1-14(2)13-34-23(33)20-15(3)31(4)24(35)30-21(20)16-7-11-19(12-8-16)29-22(32)17-5-9-18(10-6-17)25(26,27)28/h5-12,14,21H,13H2,1-4H3,(H,29,32)(H,30,35). The molecule has 0 aliphatic carbocycles. The molecule has 0 spiro atoms. The van der Waals surface area contributed by atoms with Crippen LogP contribution in [0.2, 0.25) is 0 Å². The lowest BCUT2D eigenvalue weighted by molar-refractivity contribution is -0.140. The first-order valence-corrected chi connectivity index (χ1v) is 11.3. The van der Waals surface area contributed by atoms with Gasteiger partial charge in [-0.2, -0.15) is 13.2 Å². The number of amides is 1. The zero-order valence-electron chi connectivity index (χ0n) is 19.7. The molecule has 0 fully saturated rings. The number of carbonyl (C=O) groups excluding carboxylic acids is 2. The molecule has 2 aromatic carbocycles. The summed E-state index contributed by atoms with van der Waals surface area (Å²) in [5.74, 6) is -0.803. The second kappa shape index (κ2) is 10.5. The molecule has 1 aliphatic heterocycles. The highest BCUT2D eigenvalue weighted by Crippen LogP contribution is 2.32. The number of ether oxygens (including phenoxy) is 1. The Labute approximate surface area is 207 Å². The van der Waals surface area contributed by atoms with E-state index in [-0.39, 0.29) is 18.1 Å². The lowest BCUT2D eigenvalue weighted by Crippen LogP contribution is -2.46. The summed E-state index contributed by atoms with van der Waals surface area (Å²) in [7, 11) is 1.76. The van der Waals surface area contributed by atoms with Gasteiger partial charge in [0.05, 0.1) is 23.8 Å². The van der Waals surface area contributed by atoms with Gasteiger partial charge >= 0.3 is 12.1 Å². The molecular formula is C25H26F3N3O3S. The monoisotopic (exact) mass is 505 g/mol. The number of nitrogens with zero attached hydrogens (tertiary/aromatic N) is 1. The fourth-order valence-electron chi connectivity index (χ4n) is 3.44. The van der Waals surface area contributed by atoms with Crippen LogP contribution in [-0.2, 0) is 15.7 Å². The van der Waals surface area contributed by atoms with Gasteiger partial charge in [0.2, 0.25) is 0 Å². The number of carbonyl (C=O) groups is 2. The number of allylic oxidation sites excluding steroid dienone is 1. The van der Waals surface area contributed by atoms with Crippen molar-refractivity contribution >= 4 is 34.9 Å². The van der Waals surface area contributed by atoms with Gasteiger partial charge in [0, 0.05) is 24.0 Å². The fourth-order valence-corrected chi connectivity index (χ4v) is 3.70. The largest absolute Gasteiger partial charge is 0.462 e. The van der Waals surface area contributed by atoms with Crippen LogP contribution in [0.25, 0.3) is 0 Å². The van der Waals surface area contributed by atoms with E-state index in [2.05, 4.69) is 10.6 Å². The summed E-state index contributed by atoms with van der Waals surface area (Å²) in [5, 5.41) is 6.27. The molecule has 1 atom stereocenters. The molecule has 6 nitrogen and oxygen atoms in total. The predicted molar refractivity (Wildman–Crippen MR) is 131 cm³/mol. The van der Waals surface area contributed by atoms with E-state index in [1.54, 1.807) is 43.1 Å². The van der Waals surface area contributed by atoms with Crippen molar-refractivity contribution in [2.45, 2.75) is 33.0 Å². The van der Waals surface area contributed by atoms with Crippen molar-refractivity contribution in [3.63, 3.8) is 0 Å². The van der Waals surface area contributed by atoms with E-state index < -0.39 is 29.7 Å². The molecule has 0 saturated carbocycles. The summed E-state index contributed by atoms with van der Waals surface area (Å²) in [6.07, 6.45) is -4.47. The van der Waals surface area contributed by atoms with Crippen molar-refractivity contribution in [2.75, 3.05) is 19.0 Å². The molecule has 35 heavy (non-hydrogen) atoms. The highest BCUT2D eigenvalue weighted by molar-refractivity contribution is 7.80. The zero-order valence-corrected chi connectivity index (χ0v) is 20.5. The van der Waals surface area contributed by atoms with E-state index in [1.807, 2.05) is 13.8 Å². The van der Waals surface area contributed by atoms with Crippen LogP contribution in [0.1, 0.15) is 48.3 Å². The first kappa shape index (κ1) is 26.2. The summed E-state index contributed by atoms with van der Waals surface area (Å²) in [6, 6.07) is 10.2. The van der Waals surface area contributed by atoms with Crippen molar-refractivity contribution in [3.8, 4) is 0 Å². The normalized spacial score (nSPS) is 16.3. The lowest BCUT2D eigenvalue weighted by atomic mass is 9.95. The Morgan fingerprint density at radius 2 is 1.71 bits per heavy atom. The maximum atomic E-state index is 12.9. The van der Waals surface area contributed by atoms with Crippen LogP contribution in [0.15, 0.2) is 59.8 Å². The molecule has 0 bridgehead atoms. The maximum absolute atomic E-state index is 12.9. The number of anilines is 1. The molecule has 1 unspecified atom stereocenters. The van der Waals surface area contributed by atoms with Crippen molar-refractivity contribution in [2.24, 2.45) is 5.92 Å². The smallest absolute Gasteiger partial charge is 0.416 e. The quantitative estimate of drug-likeness (QED) is 0.411. The minimum atomic E-state index is -4.47. The van der Waals surface area contributed by atoms with Crippen LogP contribution in [-0.4, -0.2) is 35.5 Å². The Kier molecular flexibility index (Phi) is 7.84. The highest BCUT2D eigenvalue weighted by Gasteiger charge is 2.33. The number of hydrogen-bond acceptors (Lipinski definition) is 4. The Balaban J connectivity index is 1.79. The van der Waals surface area contributed by atoms with Crippen molar-refractivity contribution in [3.05, 3.63) is 76.5 Å². The van der Waals surface area contributed by atoms with Gasteiger partial charge in [0.15, 0.2) is 5.11 Å². The number of nitrogens with one attached hydrogen (secondary N) is 2. The summed E-state index contributed by atoms with van der Waals surface area (Å²) in [6.45, 7) is 5.98. The Hall–Kier alpha value is -3.40. The second-order valence-electron chi connectivity index (χ2n) is 8.58. The average molecular weight is 506 g/mol. The minimum Gasteiger partial charge on any atom is -0.462 e. The van der Waals surface area contributed by atoms with Crippen LogP contribution >= 0.6 is 12.2 Å². The molecule has 0 saturated heterocycles. The molecule has 0 radical (unpaired) electrons. The maximum Gasteiger partial charge on any atom is 0.416 e. The summed E-state index contributed by atoms with van der Waals surface area (Å²) < 4.78 is 43.7. The van der Waals surface area contributed by atoms with Gasteiger partial charge in [0.1, 0.15) is 0 Å².